The molecule has 2 heterocycles. The lowest BCUT2D eigenvalue weighted by Gasteiger charge is -1.96. The topological polar surface area (TPSA) is 68.0 Å². The van der Waals surface area contributed by atoms with E-state index in [-0.39, 0.29) is 5.91 Å². The number of nitrogen functional groups attached to an aromatic ring is 1. The van der Waals surface area contributed by atoms with E-state index in [4.69, 9.17) is 5.73 Å². The maximum Gasteiger partial charge on any atom is 0.267 e. The minimum Gasteiger partial charge on any atom is -0.398 e. The Kier molecular flexibility index (Phi) is 3.19. The number of thiazole rings is 1. The number of amides is 1. The van der Waals surface area contributed by atoms with Gasteiger partial charge in [0.2, 0.25) is 0 Å². The second-order valence-electron chi connectivity index (χ2n) is 4.57. The van der Waals surface area contributed by atoms with Gasteiger partial charge in [-0.25, -0.2) is 4.98 Å². The molecule has 0 spiro atoms. The van der Waals surface area contributed by atoms with Crippen LogP contribution in [0.4, 0.5) is 10.8 Å². The van der Waals surface area contributed by atoms with E-state index in [1.54, 1.807) is 6.07 Å². The zero-order valence-electron chi connectivity index (χ0n) is 11.1. The molecule has 0 atom stereocenters. The van der Waals surface area contributed by atoms with Crippen LogP contribution >= 0.6 is 22.7 Å². The number of hydrogen-bond acceptors (Lipinski definition) is 5. The summed E-state index contributed by atoms with van der Waals surface area (Å²) in [6, 6.07) is 7.74. The van der Waals surface area contributed by atoms with E-state index in [9.17, 15) is 4.79 Å². The number of aromatic nitrogens is 1. The van der Waals surface area contributed by atoms with E-state index in [0.717, 1.165) is 15.1 Å². The molecule has 2 aromatic heterocycles. The van der Waals surface area contributed by atoms with Crippen LogP contribution < -0.4 is 11.1 Å². The molecule has 3 aromatic rings. The molecular formula is C14H13N3OS2. The Morgan fingerprint density at radius 1 is 1.25 bits per heavy atom. The van der Waals surface area contributed by atoms with E-state index < -0.39 is 0 Å². The molecule has 1 amide bonds. The zero-order valence-corrected chi connectivity index (χ0v) is 12.7. The van der Waals surface area contributed by atoms with Crippen LogP contribution in [0.25, 0.3) is 10.2 Å². The molecule has 0 saturated heterocycles. The molecule has 102 valence electrons. The van der Waals surface area contributed by atoms with E-state index in [1.807, 2.05) is 26.0 Å². The largest absolute Gasteiger partial charge is 0.398 e. The van der Waals surface area contributed by atoms with Gasteiger partial charge in [0.15, 0.2) is 5.13 Å². The van der Waals surface area contributed by atoms with Crippen molar-refractivity contribution < 1.29 is 4.79 Å². The van der Waals surface area contributed by atoms with Gasteiger partial charge in [0, 0.05) is 10.6 Å². The van der Waals surface area contributed by atoms with Crippen molar-refractivity contribution in [3.63, 3.8) is 0 Å². The second-order valence-corrected chi connectivity index (χ2v) is 6.85. The van der Waals surface area contributed by atoms with Crippen LogP contribution in [0.15, 0.2) is 24.3 Å². The van der Waals surface area contributed by atoms with E-state index in [1.165, 1.54) is 28.2 Å². The summed E-state index contributed by atoms with van der Waals surface area (Å²) < 4.78 is 1.07. The average Bonchev–Trinajstić information content (AvgIpc) is 2.93. The highest BCUT2D eigenvalue weighted by atomic mass is 32.1. The molecule has 0 radical (unpaired) electrons. The van der Waals surface area contributed by atoms with Crippen molar-refractivity contribution in [2.75, 3.05) is 11.1 Å². The van der Waals surface area contributed by atoms with Crippen LogP contribution in [0.1, 0.15) is 20.1 Å². The Hall–Kier alpha value is -1.92. The highest BCUT2D eigenvalue weighted by Crippen LogP contribution is 2.28. The number of rotatable bonds is 2. The second kappa shape index (κ2) is 4.88. The van der Waals surface area contributed by atoms with Gasteiger partial charge in [-0.3, -0.25) is 10.1 Å². The predicted octanol–water partition coefficient (Wildman–Crippen LogP) is 3.81. The number of thiophene rings is 1. The summed E-state index contributed by atoms with van der Waals surface area (Å²) in [5.74, 6) is -0.162. The van der Waals surface area contributed by atoms with Crippen molar-refractivity contribution in [3.8, 4) is 0 Å². The summed E-state index contributed by atoms with van der Waals surface area (Å²) in [7, 11) is 0. The Labute approximate surface area is 124 Å². The number of aryl methyl sites for hydroxylation is 2. The van der Waals surface area contributed by atoms with Crippen molar-refractivity contribution in [1.29, 1.82) is 0 Å². The zero-order chi connectivity index (χ0) is 14.3. The fourth-order valence-corrected chi connectivity index (χ4v) is 3.65. The number of fused-ring (bicyclic) bond motifs is 1. The summed E-state index contributed by atoms with van der Waals surface area (Å²) in [6.07, 6.45) is 0. The van der Waals surface area contributed by atoms with Gasteiger partial charge in [0.1, 0.15) is 0 Å². The molecule has 0 aliphatic heterocycles. The van der Waals surface area contributed by atoms with Gasteiger partial charge in [0.25, 0.3) is 5.91 Å². The van der Waals surface area contributed by atoms with Gasteiger partial charge >= 0.3 is 0 Å². The number of nitrogens with one attached hydrogen (secondary N) is 1. The highest BCUT2D eigenvalue weighted by Gasteiger charge is 2.13. The van der Waals surface area contributed by atoms with Gasteiger partial charge in [-0.05, 0) is 37.6 Å². The van der Waals surface area contributed by atoms with Gasteiger partial charge < -0.3 is 5.73 Å². The molecule has 0 unspecified atom stereocenters. The van der Waals surface area contributed by atoms with E-state index >= 15 is 0 Å². The number of benzene rings is 1. The first-order chi connectivity index (χ1) is 9.52. The minimum atomic E-state index is -0.162. The van der Waals surface area contributed by atoms with Crippen molar-refractivity contribution in [2.24, 2.45) is 0 Å². The average molecular weight is 303 g/mol. The van der Waals surface area contributed by atoms with Gasteiger partial charge in [-0.15, -0.1) is 11.3 Å². The number of carbonyl (C=O) groups excluding carboxylic acids is 1. The maximum atomic E-state index is 12.1. The molecule has 0 fully saturated rings. The minimum absolute atomic E-state index is 0.162. The summed E-state index contributed by atoms with van der Waals surface area (Å²) in [4.78, 5) is 18.1. The molecule has 20 heavy (non-hydrogen) atoms. The summed E-state index contributed by atoms with van der Waals surface area (Å²) in [5.41, 5.74) is 8.50. The first-order valence-electron chi connectivity index (χ1n) is 6.07. The van der Waals surface area contributed by atoms with Crippen molar-refractivity contribution >= 4 is 49.6 Å². The highest BCUT2D eigenvalue weighted by molar-refractivity contribution is 7.22. The normalized spacial score (nSPS) is 10.9. The van der Waals surface area contributed by atoms with Crippen molar-refractivity contribution in [2.45, 2.75) is 13.8 Å². The first-order valence-corrected chi connectivity index (χ1v) is 7.70. The lowest BCUT2D eigenvalue weighted by molar-refractivity contribution is 0.103. The monoisotopic (exact) mass is 303 g/mol. The Balaban J connectivity index is 1.87. The molecule has 3 rings (SSSR count). The molecule has 3 N–H and O–H groups in total. The van der Waals surface area contributed by atoms with Crippen LogP contribution in [-0.2, 0) is 0 Å². The molecule has 0 aliphatic carbocycles. The smallest absolute Gasteiger partial charge is 0.267 e. The number of anilines is 2. The summed E-state index contributed by atoms with van der Waals surface area (Å²) in [5, 5.41) is 3.44. The Morgan fingerprint density at radius 2 is 2.05 bits per heavy atom. The predicted molar refractivity (Wildman–Crippen MR) is 85.8 cm³/mol. The van der Waals surface area contributed by atoms with Crippen LogP contribution in [-0.4, -0.2) is 10.9 Å². The van der Waals surface area contributed by atoms with Crippen LogP contribution in [0.3, 0.4) is 0 Å². The van der Waals surface area contributed by atoms with Gasteiger partial charge in [0.05, 0.1) is 15.1 Å². The number of nitrogens with zero attached hydrogens (tertiary/aromatic N) is 1. The van der Waals surface area contributed by atoms with Crippen molar-refractivity contribution in [3.05, 3.63) is 39.6 Å². The maximum absolute atomic E-state index is 12.1. The third-order valence-electron chi connectivity index (χ3n) is 2.94. The fourth-order valence-electron chi connectivity index (χ4n) is 1.85. The third-order valence-corrected chi connectivity index (χ3v) is 4.94. The molecule has 0 bridgehead atoms. The standard InChI is InChI=1S/C14H13N3OS2/c1-7-3-4-10-11(5-7)20-14(16-10)17-13(18)12-6-9(15)8(2)19-12/h3-6H,15H2,1-2H3,(H,16,17,18). The molecule has 6 heteroatoms. The van der Waals surface area contributed by atoms with Gasteiger partial charge in [-0.1, -0.05) is 17.4 Å². The first kappa shape index (κ1) is 13.1. The summed E-state index contributed by atoms with van der Waals surface area (Å²) >= 11 is 2.87. The van der Waals surface area contributed by atoms with E-state index in [0.29, 0.717) is 15.7 Å². The van der Waals surface area contributed by atoms with E-state index in [2.05, 4.69) is 16.4 Å². The van der Waals surface area contributed by atoms with Crippen LogP contribution in [0.5, 0.6) is 0 Å². The fraction of sp³-hybridized carbons (Fsp3) is 0.143. The third kappa shape index (κ3) is 2.39. The Bertz CT molecular complexity index is 784. The lowest BCUT2D eigenvalue weighted by Crippen LogP contribution is -2.09. The Morgan fingerprint density at radius 3 is 2.75 bits per heavy atom. The molecule has 0 saturated carbocycles. The van der Waals surface area contributed by atoms with Crippen molar-refractivity contribution in [1.82, 2.24) is 4.98 Å². The number of nitrogens with two attached hydrogens (primary N) is 1. The summed E-state index contributed by atoms with van der Waals surface area (Å²) in [6.45, 7) is 3.94. The quantitative estimate of drug-likeness (QED) is 0.756. The lowest BCUT2D eigenvalue weighted by atomic mass is 10.2. The molecular weight excluding hydrogens is 290 g/mol. The van der Waals surface area contributed by atoms with Gasteiger partial charge in [-0.2, -0.15) is 0 Å². The number of carbonyl (C=O) groups is 1. The van der Waals surface area contributed by atoms with Crippen LogP contribution in [0.2, 0.25) is 0 Å². The molecule has 4 nitrogen and oxygen atoms in total. The molecule has 0 aliphatic rings. The SMILES string of the molecule is Cc1ccc2nc(NC(=O)c3cc(N)c(C)s3)sc2c1. The molecule has 1 aromatic carbocycles. The number of hydrogen-bond donors (Lipinski definition) is 2. The van der Waals surface area contributed by atoms with Crippen LogP contribution in [0, 0.1) is 13.8 Å².